The quantitative estimate of drug-likeness (QED) is 0.688. The minimum absolute atomic E-state index is 0.112. The van der Waals surface area contributed by atoms with Crippen LogP contribution in [-0.2, 0) is 5.75 Å². The number of aliphatic hydroxyl groups is 1. The van der Waals surface area contributed by atoms with Crippen molar-refractivity contribution in [2.75, 3.05) is 6.61 Å². The van der Waals surface area contributed by atoms with Gasteiger partial charge in [-0.05, 0) is 11.4 Å². The molecule has 92 valence electrons. The molecule has 18 heavy (non-hydrogen) atoms. The van der Waals surface area contributed by atoms with Crippen LogP contribution in [0.3, 0.4) is 0 Å². The molecule has 0 unspecified atom stereocenters. The van der Waals surface area contributed by atoms with Crippen molar-refractivity contribution in [3.63, 3.8) is 0 Å². The number of aliphatic hydroxyl groups excluding tert-OH is 1. The van der Waals surface area contributed by atoms with Gasteiger partial charge in [0.05, 0.1) is 12.8 Å². The Morgan fingerprint density at radius 2 is 2.33 bits per heavy atom. The van der Waals surface area contributed by atoms with Gasteiger partial charge in [0.1, 0.15) is 5.03 Å². The Kier molecular flexibility index (Phi) is 5.21. The lowest BCUT2D eigenvalue weighted by Gasteiger charge is -1.98. The summed E-state index contributed by atoms with van der Waals surface area (Å²) in [5, 5.41) is 11.7. The normalized spacial score (nSPS) is 9.83. The van der Waals surface area contributed by atoms with Gasteiger partial charge < -0.3 is 5.11 Å². The maximum Gasteiger partial charge on any atom is 0.115 e. The van der Waals surface area contributed by atoms with Crippen molar-refractivity contribution in [3.8, 4) is 11.8 Å². The topological polar surface area (TPSA) is 46.0 Å². The fourth-order valence-corrected chi connectivity index (χ4v) is 3.05. The van der Waals surface area contributed by atoms with E-state index in [4.69, 9.17) is 5.11 Å². The number of aromatic nitrogens is 2. The maximum atomic E-state index is 8.70. The van der Waals surface area contributed by atoms with Crippen LogP contribution in [0.4, 0.5) is 0 Å². The zero-order valence-electron chi connectivity index (χ0n) is 9.67. The first-order chi connectivity index (χ1) is 8.90. The lowest BCUT2D eigenvalue weighted by molar-refractivity contribution is 0.305. The average Bonchev–Trinajstić information content (AvgIpc) is 2.86. The average molecular weight is 276 g/mol. The van der Waals surface area contributed by atoms with Gasteiger partial charge in [0.25, 0.3) is 0 Å². The third-order valence-corrected chi connectivity index (χ3v) is 4.14. The van der Waals surface area contributed by atoms with E-state index in [1.165, 1.54) is 4.88 Å². The Balaban J connectivity index is 1.98. The summed E-state index contributed by atoms with van der Waals surface area (Å²) in [4.78, 5) is 9.48. The molecule has 0 bridgehead atoms. The van der Waals surface area contributed by atoms with Crippen LogP contribution in [0.15, 0.2) is 35.1 Å². The van der Waals surface area contributed by atoms with Gasteiger partial charge in [0, 0.05) is 35.0 Å². The highest BCUT2D eigenvalue weighted by Gasteiger charge is 2.03. The second kappa shape index (κ2) is 7.17. The minimum Gasteiger partial charge on any atom is -0.395 e. The summed E-state index contributed by atoms with van der Waals surface area (Å²) < 4.78 is 0. The van der Waals surface area contributed by atoms with Gasteiger partial charge in [-0.3, -0.25) is 4.98 Å². The molecule has 0 aliphatic rings. The first kappa shape index (κ1) is 13.1. The molecule has 3 nitrogen and oxygen atoms in total. The van der Waals surface area contributed by atoms with Crippen molar-refractivity contribution in [1.29, 1.82) is 0 Å². The van der Waals surface area contributed by atoms with E-state index in [2.05, 4.69) is 21.8 Å². The van der Waals surface area contributed by atoms with E-state index >= 15 is 0 Å². The molecule has 0 saturated heterocycles. The summed E-state index contributed by atoms with van der Waals surface area (Å²) in [7, 11) is 0. The lowest BCUT2D eigenvalue weighted by Crippen LogP contribution is -1.84. The Morgan fingerprint density at radius 3 is 3.11 bits per heavy atom. The van der Waals surface area contributed by atoms with Crippen molar-refractivity contribution in [2.45, 2.75) is 17.2 Å². The number of thioether (sulfide) groups is 1. The molecule has 2 aromatic rings. The van der Waals surface area contributed by atoms with E-state index in [9.17, 15) is 0 Å². The molecule has 0 spiro atoms. The number of hydrogen-bond donors (Lipinski definition) is 1. The summed E-state index contributed by atoms with van der Waals surface area (Å²) in [5.74, 6) is 6.87. The smallest absolute Gasteiger partial charge is 0.115 e. The SMILES string of the molecule is OCCC#Cc1ccsc1CSc1cnccn1. The predicted molar refractivity (Wildman–Crippen MR) is 74.5 cm³/mol. The van der Waals surface area contributed by atoms with E-state index in [1.54, 1.807) is 41.7 Å². The third-order valence-electron chi connectivity index (χ3n) is 2.10. The number of rotatable bonds is 4. The molecule has 2 rings (SSSR count). The molecule has 0 aliphatic carbocycles. The Labute approximate surface area is 114 Å². The van der Waals surface area contributed by atoms with Gasteiger partial charge >= 0.3 is 0 Å². The molecule has 0 saturated carbocycles. The van der Waals surface area contributed by atoms with Crippen LogP contribution in [0.2, 0.25) is 0 Å². The van der Waals surface area contributed by atoms with E-state index < -0.39 is 0 Å². The van der Waals surface area contributed by atoms with Crippen LogP contribution in [-0.4, -0.2) is 21.7 Å². The highest BCUT2D eigenvalue weighted by atomic mass is 32.2. The fraction of sp³-hybridized carbons (Fsp3) is 0.231. The predicted octanol–water partition coefficient (Wildman–Crippen LogP) is 2.56. The van der Waals surface area contributed by atoms with Crippen LogP contribution < -0.4 is 0 Å². The molecule has 1 N–H and O–H groups in total. The zero-order chi connectivity index (χ0) is 12.6. The largest absolute Gasteiger partial charge is 0.395 e. The standard InChI is InChI=1S/C13H12N2OS2/c16-7-2-1-3-11-4-8-17-12(11)10-18-13-9-14-5-6-15-13/h4-6,8-9,16H,2,7,10H2. The summed E-state index contributed by atoms with van der Waals surface area (Å²) in [6.45, 7) is 0.112. The molecule has 5 heteroatoms. The Hall–Kier alpha value is -1.35. The molecule has 0 aromatic carbocycles. The zero-order valence-corrected chi connectivity index (χ0v) is 11.3. The van der Waals surface area contributed by atoms with Crippen molar-refractivity contribution >= 4 is 23.1 Å². The maximum absolute atomic E-state index is 8.70. The Bertz CT molecular complexity index is 543. The first-order valence-corrected chi connectivity index (χ1v) is 7.31. The van der Waals surface area contributed by atoms with Crippen molar-refractivity contribution in [3.05, 3.63) is 40.5 Å². The van der Waals surface area contributed by atoms with E-state index in [1.807, 2.05) is 11.4 Å². The molecule has 2 aromatic heterocycles. The summed E-state index contributed by atoms with van der Waals surface area (Å²) in [5.41, 5.74) is 1.05. The van der Waals surface area contributed by atoms with Gasteiger partial charge in [-0.15, -0.1) is 11.3 Å². The fourth-order valence-electron chi connectivity index (χ4n) is 1.28. The molecule has 0 fully saturated rings. The van der Waals surface area contributed by atoms with E-state index in [-0.39, 0.29) is 6.61 Å². The summed E-state index contributed by atoms with van der Waals surface area (Å²) in [6.07, 6.45) is 5.64. The molecular weight excluding hydrogens is 264 g/mol. The molecule has 0 amide bonds. The second-order valence-electron chi connectivity index (χ2n) is 3.37. The Morgan fingerprint density at radius 1 is 1.39 bits per heavy atom. The molecular formula is C13H12N2OS2. The number of hydrogen-bond acceptors (Lipinski definition) is 5. The number of thiophene rings is 1. The van der Waals surface area contributed by atoms with Gasteiger partial charge in [0.2, 0.25) is 0 Å². The van der Waals surface area contributed by atoms with Gasteiger partial charge in [-0.2, -0.15) is 0 Å². The van der Waals surface area contributed by atoms with Crippen LogP contribution >= 0.6 is 23.1 Å². The second-order valence-corrected chi connectivity index (χ2v) is 5.36. The number of nitrogens with zero attached hydrogens (tertiary/aromatic N) is 2. The molecule has 0 atom stereocenters. The highest BCUT2D eigenvalue weighted by molar-refractivity contribution is 7.98. The van der Waals surface area contributed by atoms with Gasteiger partial charge in [-0.1, -0.05) is 23.6 Å². The van der Waals surface area contributed by atoms with Crippen LogP contribution in [0.1, 0.15) is 16.9 Å². The van der Waals surface area contributed by atoms with Gasteiger partial charge in [-0.25, -0.2) is 4.98 Å². The van der Waals surface area contributed by atoms with Crippen LogP contribution in [0, 0.1) is 11.8 Å². The van der Waals surface area contributed by atoms with Crippen LogP contribution in [0.25, 0.3) is 0 Å². The van der Waals surface area contributed by atoms with E-state index in [0.29, 0.717) is 6.42 Å². The van der Waals surface area contributed by atoms with Crippen molar-refractivity contribution < 1.29 is 5.11 Å². The highest BCUT2D eigenvalue weighted by Crippen LogP contribution is 2.25. The molecule has 0 aliphatic heterocycles. The van der Waals surface area contributed by atoms with E-state index in [0.717, 1.165) is 16.3 Å². The minimum atomic E-state index is 0.112. The first-order valence-electron chi connectivity index (χ1n) is 5.45. The monoisotopic (exact) mass is 276 g/mol. The van der Waals surface area contributed by atoms with Gasteiger partial charge in [0.15, 0.2) is 0 Å². The molecule has 2 heterocycles. The van der Waals surface area contributed by atoms with Crippen molar-refractivity contribution in [1.82, 2.24) is 9.97 Å². The molecule has 0 radical (unpaired) electrons. The van der Waals surface area contributed by atoms with Crippen LogP contribution in [0.5, 0.6) is 0 Å². The summed E-state index contributed by atoms with van der Waals surface area (Å²) >= 11 is 3.34. The van der Waals surface area contributed by atoms with Crippen molar-refractivity contribution in [2.24, 2.45) is 0 Å². The third kappa shape index (κ3) is 3.84. The lowest BCUT2D eigenvalue weighted by atomic mass is 10.2. The summed E-state index contributed by atoms with van der Waals surface area (Å²) in [6, 6.07) is 2.02.